The summed E-state index contributed by atoms with van der Waals surface area (Å²) in [7, 11) is 6.12. The van der Waals surface area contributed by atoms with Crippen molar-refractivity contribution in [1.82, 2.24) is 25.8 Å². The zero-order valence-electron chi connectivity index (χ0n) is 35.1. The van der Waals surface area contributed by atoms with Gasteiger partial charge in [0.1, 0.15) is 12.1 Å². The Labute approximate surface area is 329 Å². The second kappa shape index (κ2) is 21.7. The lowest BCUT2D eigenvalue weighted by molar-refractivity contribution is -0.149. The second-order valence-corrected chi connectivity index (χ2v) is 16.2. The number of benzene rings is 1. The smallest absolute Gasteiger partial charge is 0.328 e. The van der Waals surface area contributed by atoms with E-state index in [2.05, 4.69) is 29.8 Å². The van der Waals surface area contributed by atoms with E-state index in [1.807, 2.05) is 58.0 Å². The van der Waals surface area contributed by atoms with Gasteiger partial charge in [0.25, 0.3) is 0 Å². The molecule has 4 amide bonds. The summed E-state index contributed by atoms with van der Waals surface area (Å²) in [6, 6.07) is 6.74. The first-order valence-electron chi connectivity index (χ1n) is 20.2. The maximum Gasteiger partial charge on any atom is 0.328 e. The van der Waals surface area contributed by atoms with Gasteiger partial charge in [-0.25, -0.2) is 4.79 Å². The van der Waals surface area contributed by atoms with Crippen molar-refractivity contribution in [2.45, 2.75) is 142 Å². The molecule has 0 bridgehead atoms. The number of ether oxygens (including phenoxy) is 3. The van der Waals surface area contributed by atoms with Gasteiger partial charge in [-0.05, 0) is 55.9 Å². The minimum Gasteiger partial charge on any atom is -0.467 e. The van der Waals surface area contributed by atoms with E-state index in [-0.39, 0.29) is 72.3 Å². The Balaban J connectivity index is 1.77. The van der Waals surface area contributed by atoms with Crippen molar-refractivity contribution >= 4 is 29.6 Å². The lowest BCUT2D eigenvalue weighted by Crippen LogP contribution is -2.61. The second-order valence-electron chi connectivity index (χ2n) is 16.2. The summed E-state index contributed by atoms with van der Waals surface area (Å²) in [5, 5.41) is 9.34. The number of rotatable bonds is 19. The van der Waals surface area contributed by atoms with Gasteiger partial charge in [0.2, 0.25) is 23.6 Å². The highest BCUT2D eigenvalue weighted by molar-refractivity contribution is 5.90. The third-order valence-electron chi connectivity index (χ3n) is 11.9. The van der Waals surface area contributed by atoms with Crippen molar-refractivity contribution in [3.8, 4) is 0 Å². The lowest BCUT2D eigenvalue weighted by atomic mass is 9.88. The van der Waals surface area contributed by atoms with Gasteiger partial charge in [-0.3, -0.25) is 19.2 Å². The van der Waals surface area contributed by atoms with Crippen LogP contribution in [-0.2, 0) is 44.6 Å². The predicted octanol–water partition coefficient (Wildman–Crippen LogP) is 3.72. The number of likely N-dealkylation sites (N-methyl/N-ethyl adjacent to an activating group) is 1. The molecular weight excluding hydrogens is 702 g/mol. The van der Waals surface area contributed by atoms with Crippen molar-refractivity contribution in [3.63, 3.8) is 0 Å². The summed E-state index contributed by atoms with van der Waals surface area (Å²) >= 11 is 0. The maximum absolute atomic E-state index is 14.3. The number of nitrogens with one attached hydrogen (secondary N) is 3. The SMILES string of the molecule is CC[C@H](C)[C@@H]([C@@H](CC(=O)N1CCC[C@H]1[C@H](OC)[C@@H](C)C(=O)N[C@@H](Cc1ccccc1)C(=O)OC)OC)N(C)C(=O)[C@@H](NC(=O)C1N[C@H](C)CC[C@H]1C)C(C)C. The van der Waals surface area contributed by atoms with E-state index >= 15 is 0 Å². The van der Waals surface area contributed by atoms with Crippen LogP contribution in [0.4, 0.5) is 0 Å². The zero-order chi connectivity index (χ0) is 41.0. The average Bonchev–Trinajstić information content (AvgIpc) is 3.66. The number of methoxy groups -OCH3 is 3. The van der Waals surface area contributed by atoms with Gasteiger partial charge in [0, 0.05) is 40.3 Å². The summed E-state index contributed by atoms with van der Waals surface area (Å²) in [5.41, 5.74) is 0.878. The van der Waals surface area contributed by atoms with Gasteiger partial charge in [-0.1, -0.05) is 78.3 Å². The van der Waals surface area contributed by atoms with Crippen molar-refractivity contribution in [1.29, 1.82) is 0 Å². The number of carbonyl (C=O) groups excluding carboxylic acids is 5. The van der Waals surface area contributed by atoms with Crippen molar-refractivity contribution in [3.05, 3.63) is 35.9 Å². The van der Waals surface area contributed by atoms with Gasteiger partial charge >= 0.3 is 5.97 Å². The fourth-order valence-corrected chi connectivity index (χ4v) is 8.34. The number of esters is 1. The molecule has 0 aliphatic carbocycles. The van der Waals surface area contributed by atoms with E-state index in [1.54, 1.807) is 30.9 Å². The average molecular weight is 772 g/mol. The number of carbonyl (C=O) groups is 5. The summed E-state index contributed by atoms with van der Waals surface area (Å²) < 4.78 is 17.0. The van der Waals surface area contributed by atoms with Crippen molar-refractivity contribution < 1.29 is 38.2 Å². The molecule has 2 heterocycles. The van der Waals surface area contributed by atoms with Crippen LogP contribution in [0, 0.1) is 23.7 Å². The fourth-order valence-electron chi connectivity index (χ4n) is 8.34. The molecule has 0 radical (unpaired) electrons. The molecule has 1 unspecified atom stereocenters. The van der Waals surface area contributed by atoms with Gasteiger partial charge in [-0.2, -0.15) is 0 Å². The summed E-state index contributed by atoms with van der Waals surface area (Å²) in [6.07, 6.45) is 3.04. The first-order valence-corrected chi connectivity index (χ1v) is 20.2. The molecular formula is C42H69N5O8. The normalized spacial score (nSPS) is 23.8. The van der Waals surface area contributed by atoms with Crippen molar-refractivity contribution in [2.75, 3.05) is 34.9 Å². The van der Waals surface area contributed by atoms with Crippen LogP contribution in [0.25, 0.3) is 0 Å². The quantitative estimate of drug-likeness (QED) is 0.179. The third kappa shape index (κ3) is 12.0. The molecule has 2 aliphatic heterocycles. The van der Waals surface area contributed by atoms with Crippen LogP contribution >= 0.6 is 0 Å². The molecule has 310 valence electrons. The highest BCUT2D eigenvalue weighted by atomic mass is 16.5. The zero-order valence-corrected chi connectivity index (χ0v) is 35.1. The molecule has 13 heteroatoms. The molecule has 11 atom stereocenters. The van der Waals surface area contributed by atoms with Crippen LogP contribution in [0.15, 0.2) is 30.3 Å². The van der Waals surface area contributed by atoms with Gasteiger partial charge in [0.15, 0.2) is 0 Å². The first-order chi connectivity index (χ1) is 26.1. The predicted molar refractivity (Wildman–Crippen MR) is 212 cm³/mol. The Hall–Kier alpha value is -3.55. The van der Waals surface area contributed by atoms with Crippen LogP contribution in [-0.4, -0.2) is 123 Å². The Morgan fingerprint density at radius 1 is 0.945 bits per heavy atom. The molecule has 0 saturated carbocycles. The number of hydrogen-bond acceptors (Lipinski definition) is 9. The molecule has 0 spiro atoms. The van der Waals surface area contributed by atoms with E-state index in [0.29, 0.717) is 13.0 Å². The van der Waals surface area contributed by atoms with E-state index in [9.17, 15) is 24.0 Å². The summed E-state index contributed by atoms with van der Waals surface area (Å²) in [6.45, 7) is 14.3. The van der Waals surface area contributed by atoms with Crippen LogP contribution in [0.1, 0.15) is 92.6 Å². The number of hydrogen-bond donors (Lipinski definition) is 3. The molecule has 3 N–H and O–H groups in total. The molecule has 1 aromatic rings. The number of piperidine rings is 1. The molecule has 1 aromatic carbocycles. The Kier molecular flexibility index (Phi) is 18.1. The maximum atomic E-state index is 14.3. The Morgan fingerprint density at radius 2 is 1.62 bits per heavy atom. The fraction of sp³-hybridized carbons (Fsp3) is 0.738. The Morgan fingerprint density at radius 3 is 2.20 bits per heavy atom. The molecule has 3 rings (SSSR count). The van der Waals surface area contributed by atoms with E-state index in [4.69, 9.17) is 14.2 Å². The van der Waals surface area contributed by atoms with Crippen LogP contribution in [0.3, 0.4) is 0 Å². The summed E-state index contributed by atoms with van der Waals surface area (Å²) in [4.78, 5) is 71.8. The number of amides is 4. The standard InChI is InChI=1S/C42H69N5O8/c1-12-26(4)37(46(8)41(51)35(25(2)3)45-40(50)36-27(5)20-21-28(6)43-36)33(53-9)24-34(48)47-22-16-19-32(47)38(54-10)29(7)39(49)44-31(42(52)55-11)23-30-17-14-13-15-18-30/h13-15,17-18,25-29,31-33,35-38,43H,12,16,19-24H2,1-11H3,(H,44,49)(H,45,50)/t26-,27+,28+,29+,31-,32-,33+,35-,36?,37-,38+/m0/s1. The minimum absolute atomic E-state index is 0.0121. The van der Waals surface area contributed by atoms with Gasteiger partial charge in [-0.15, -0.1) is 0 Å². The van der Waals surface area contributed by atoms with Gasteiger partial charge in [0.05, 0.1) is 49.8 Å². The lowest BCUT2D eigenvalue weighted by Gasteiger charge is -2.41. The first kappa shape index (κ1) is 45.8. The van der Waals surface area contributed by atoms with Crippen LogP contribution in [0.5, 0.6) is 0 Å². The topological polar surface area (TPSA) is 156 Å². The molecule has 2 aliphatic rings. The van der Waals surface area contributed by atoms with E-state index < -0.39 is 42.2 Å². The van der Waals surface area contributed by atoms with Gasteiger partial charge < -0.3 is 40.0 Å². The van der Waals surface area contributed by atoms with E-state index in [1.165, 1.54) is 14.2 Å². The highest BCUT2D eigenvalue weighted by Crippen LogP contribution is 2.30. The molecule has 2 fully saturated rings. The third-order valence-corrected chi connectivity index (χ3v) is 11.9. The van der Waals surface area contributed by atoms with Crippen molar-refractivity contribution in [2.24, 2.45) is 23.7 Å². The number of nitrogens with zero attached hydrogens (tertiary/aromatic N) is 2. The monoisotopic (exact) mass is 772 g/mol. The molecule has 55 heavy (non-hydrogen) atoms. The summed E-state index contributed by atoms with van der Waals surface area (Å²) in [5.74, 6) is -2.23. The highest BCUT2D eigenvalue weighted by Gasteiger charge is 2.43. The van der Waals surface area contributed by atoms with E-state index in [0.717, 1.165) is 31.2 Å². The number of likely N-dealkylation sites (tertiary alicyclic amines) is 1. The molecule has 13 nitrogen and oxygen atoms in total. The largest absolute Gasteiger partial charge is 0.467 e. The van der Waals surface area contributed by atoms with Crippen LogP contribution < -0.4 is 16.0 Å². The molecule has 0 aromatic heterocycles. The molecule has 2 saturated heterocycles. The van der Waals surface area contributed by atoms with Crippen LogP contribution in [0.2, 0.25) is 0 Å². The minimum atomic E-state index is -0.888. The Bertz CT molecular complexity index is 1410.